The lowest BCUT2D eigenvalue weighted by Gasteiger charge is -2.47. The summed E-state index contributed by atoms with van der Waals surface area (Å²) in [5.74, 6) is 2.57. The summed E-state index contributed by atoms with van der Waals surface area (Å²) in [6.45, 7) is 0.637. The number of thioether (sulfide) groups is 1. The fraction of sp³-hybridized carbons (Fsp3) is 0.184. The molecule has 1 saturated heterocycles. The van der Waals surface area contributed by atoms with Crippen molar-refractivity contribution in [2.24, 2.45) is 5.92 Å². The van der Waals surface area contributed by atoms with Gasteiger partial charge in [0.2, 0.25) is 5.91 Å². The SMILES string of the molecule is CN(c1ccccc1)c1ccc2c(c1)Oc1cc(OCc3ccc(OCC4=CN5C(=O)[C@H](CC(=O)Cc6cccs6)[C@@H]5SC4)cc3)c(Br)cc1C21OC(=O)c2ccccc21.O=C=O. The zero-order valence-corrected chi connectivity index (χ0v) is 36.9. The molecule has 1 amide bonds. The number of halogens is 1. The molecule has 14 heteroatoms. The third-order valence-electron chi connectivity index (χ3n) is 11.4. The van der Waals surface area contributed by atoms with Gasteiger partial charge in [0.25, 0.3) is 0 Å². The number of fused-ring (bicyclic) bond motifs is 7. The van der Waals surface area contributed by atoms with Crippen LogP contribution >= 0.6 is 39.0 Å². The lowest BCUT2D eigenvalue weighted by atomic mass is 9.77. The van der Waals surface area contributed by atoms with Gasteiger partial charge < -0.3 is 28.7 Å². The summed E-state index contributed by atoms with van der Waals surface area (Å²) >= 11 is 7.00. The number of rotatable bonds is 12. The molecule has 0 N–H and O–H groups in total. The number of anilines is 2. The predicted octanol–water partition coefficient (Wildman–Crippen LogP) is 9.84. The Morgan fingerprint density at radius 1 is 0.857 bits per heavy atom. The number of amides is 1. The highest BCUT2D eigenvalue weighted by atomic mass is 79.9. The van der Waals surface area contributed by atoms with Crippen molar-refractivity contribution >= 4 is 74.2 Å². The number of nitrogens with zero attached hydrogens (tertiary/aromatic N) is 2. The highest BCUT2D eigenvalue weighted by Gasteiger charge is 2.54. The molecule has 1 aromatic heterocycles. The molecule has 1 unspecified atom stereocenters. The van der Waals surface area contributed by atoms with Gasteiger partial charge in [0.1, 0.15) is 42.0 Å². The summed E-state index contributed by atoms with van der Waals surface area (Å²) in [6, 6.07) is 39.0. The number of carbonyl (C=O) groups excluding carboxylic acids is 5. The molecule has 63 heavy (non-hydrogen) atoms. The van der Waals surface area contributed by atoms with Crippen molar-refractivity contribution in [1.29, 1.82) is 0 Å². The topological polar surface area (TPSA) is 129 Å². The largest absolute Gasteiger partial charge is 0.489 e. The molecule has 0 radical (unpaired) electrons. The summed E-state index contributed by atoms with van der Waals surface area (Å²) in [5.41, 5.74) is 5.36. The average molecular weight is 942 g/mol. The van der Waals surface area contributed by atoms with Gasteiger partial charge >= 0.3 is 12.1 Å². The zero-order chi connectivity index (χ0) is 43.7. The maximum absolute atomic E-state index is 13.4. The van der Waals surface area contributed by atoms with Crippen LogP contribution in [0.3, 0.4) is 0 Å². The van der Waals surface area contributed by atoms with Gasteiger partial charge in [-0.1, -0.05) is 54.6 Å². The molecule has 5 heterocycles. The fourth-order valence-electron chi connectivity index (χ4n) is 8.30. The Hall–Kier alpha value is -6.44. The van der Waals surface area contributed by atoms with Gasteiger partial charge in [-0.05, 0) is 87.0 Å². The van der Waals surface area contributed by atoms with Gasteiger partial charge in [-0.3, -0.25) is 9.59 Å². The number of carbonyl (C=O) groups is 3. The average Bonchev–Trinajstić information content (AvgIpc) is 3.93. The van der Waals surface area contributed by atoms with Crippen molar-refractivity contribution in [1.82, 2.24) is 4.90 Å². The Balaban J connectivity index is 0.00000164. The Kier molecular flexibility index (Phi) is 11.8. The van der Waals surface area contributed by atoms with E-state index in [4.69, 9.17) is 28.5 Å². The minimum absolute atomic E-state index is 0.00291. The Labute approximate surface area is 379 Å². The number of hydrogen-bond donors (Lipinski definition) is 0. The van der Waals surface area contributed by atoms with E-state index in [1.54, 1.807) is 34.1 Å². The van der Waals surface area contributed by atoms with Crippen LogP contribution in [0.25, 0.3) is 0 Å². The number of ether oxygens (including phenoxy) is 4. The monoisotopic (exact) mass is 940 g/mol. The minimum Gasteiger partial charge on any atom is -0.489 e. The van der Waals surface area contributed by atoms with Gasteiger partial charge in [0, 0.05) is 76.9 Å². The van der Waals surface area contributed by atoms with Crippen LogP contribution < -0.4 is 19.1 Å². The number of thiophene rings is 1. The van der Waals surface area contributed by atoms with Crippen molar-refractivity contribution in [3.05, 3.63) is 176 Å². The number of para-hydroxylation sites is 1. The molecular formula is C49H37BrN2O9S2. The second-order valence-corrected chi connectivity index (χ2v) is 18.2. The summed E-state index contributed by atoms with van der Waals surface area (Å²) in [5, 5.41) is 1.97. The number of Topliss-reactive ketones (excluding diaryl/α,β-unsaturated/α-hetero) is 1. The van der Waals surface area contributed by atoms with Crippen LogP contribution in [0.4, 0.5) is 11.4 Å². The van der Waals surface area contributed by atoms with Gasteiger partial charge in [-0.2, -0.15) is 9.59 Å². The van der Waals surface area contributed by atoms with E-state index in [1.807, 2.05) is 134 Å². The second kappa shape index (κ2) is 17.7. The van der Waals surface area contributed by atoms with Crippen molar-refractivity contribution in [3.63, 3.8) is 0 Å². The minimum atomic E-state index is -1.22. The smallest absolute Gasteiger partial charge is 0.373 e. The van der Waals surface area contributed by atoms with Crippen molar-refractivity contribution in [2.75, 3.05) is 24.3 Å². The molecule has 3 atom stereocenters. The maximum atomic E-state index is 13.4. The third-order valence-corrected chi connectivity index (χ3v) is 14.3. The summed E-state index contributed by atoms with van der Waals surface area (Å²) in [7, 11) is 2.00. The first kappa shape index (κ1) is 41.9. The molecule has 1 fully saturated rings. The van der Waals surface area contributed by atoms with Crippen LogP contribution in [0.1, 0.15) is 43.9 Å². The van der Waals surface area contributed by atoms with Crippen LogP contribution in [0.5, 0.6) is 23.0 Å². The molecule has 1 spiro atoms. The van der Waals surface area contributed by atoms with Gasteiger partial charge in [-0.25, -0.2) is 4.79 Å². The van der Waals surface area contributed by atoms with E-state index in [1.165, 1.54) is 0 Å². The van der Waals surface area contributed by atoms with Crippen molar-refractivity contribution in [3.8, 4) is 23.0 Å². The maximum Gasteiger partial charge on any atom is 0.373 e. The van der Waals surface area contributed by atoms with E-state index < -0.39 is 11.6 Å². The number of ketones is 1. The summed E-state index contributed by atoms with van der Waals surface area (Å²) < 4.78 is 26.2. The van der Waals surface area contributed by atoms with Crippen LogP contribution in [0.15, 0.2) is 143 Å². The van der Waals surface area contributed by atoms with E-state index in [0.717, 1.165) is 44.3 Å². The lowest BCUT2D eigenvalue weighted by molar-refractivity contribution is -0.191. The fourth-order valence-corrected chi connectivity index (χ4v) is 10.8. The molecule has 4 aliphatic heterocycles. The number of β-lactam (4-membered cyclic amide) rings is 1. The normalized spacial score (nSPS) is 18.7. The predicted molar refractivity (Wildman–Crippen MR) is 240 cm³/mol. The van der Waals surface area contributed by atoms with E-state index in [0.29, 0.717) is 51.6 Å². The Morgan fingerprint density at radius 2 is 1.62 bits per heavy atom. The first-order chi connectivity index (χ1) is 30.7. The lowest BCUT2D eigenvalue weighted by Crippen LogP contribution is -2.58. The van der Waals surface area contributed by atoms with Crippen LogP contribution in [-0.2, 0) is 42.5 Å². The molecule has 0 saturated carbocycles. The Morgan fingerprint density at radius 3 is 2.40 bits per heavy atom. The summed E-state index contributed by atoms with van der Waals surface area (Å²) in [6.07, 6.45) is 2.82. The van der Waals surface area contributed by atoms with E-state index in [-0.39, 0.29) is 42.2 Å². The number of esters is 1. The number of benzene rings is 5. The van der Waals surface area contributed by atoms with Gasteiger partial charge in [0.05, 0.1) is 21.3 Å². The molecule has 11 nitrogen and oxygen atoms in total. The molecule has 10 rings (SSSR count). The molecule has 5 aromatic carbocycles. The van der Waals surface area contributed by atoms with Crippen molar-refractivity contribution in [2.45, 2.75) is 30.4 Å². The molecule has 0 bridgehead atoms. The standard InChI is InChI=1S/C48H37BrN2O7S2.CO2/c1-50(31-8-3-2-4-9-31)32-15-18-39-42(20-32)57-43-24-44(41(49)23-40(43)48(39)38-12-6-5-11-36(38)47(54)58-48)56-26-29-13-16-34(17-14-29)55-27-30-25-51-45(53)37(46(51)60-28-30)22-33(52)21-35-10-7-19-59-35;2-1-3/h2-20,23-25,37,46H,21-22,26-28H2,1H3;/t37-,46-,48?;/m0./s1. The molecule has 4 aliphatic rings. The first-order valence-electron chi connectivity index (χ1n) is 20.0. The highest BCUT2D eigenvalue weighted by molar-refractivity contribution is 9.10. The van der Waals surface area contributed by atoms with Crippen LogP contribution in [0, 0.1) is 5.92 Å². The molecule has 6 aromatic rings. The molecule has 316 valence electrons. The zero-order valence-electron chi connectivity index (χ0n) is 33.7. The highest BCUT2D eigenvalue weighted by Crippen LogP contribution is 2.58. The first-order valence-corrected chi connectivity index (χ1v) is 22.7. The van der Waals surface area contributed by atoms with Gasteiger partial charge in [-0.15, -0.1) is 23.1 Å². The van der Waals surface area contributed by atoms with Crippen LogP contribution in [0.2, 0.25) is 0 Å². The van der Waals surface area contributed by atoms with Gasteiger partial charge in [0.15, 0.2) is 5.60 Å². The third kappa shape index (κ3) is 8.07. The quantitative estimate of drug-likeness (QED) is 0.0859. The molecule has 0 aliphatic carbocycles. The van der Waals surface area contributed by atoms with Crippen LogP contribution in [-0.4, -0.2) is 53.5 Å². The molecular weight excluding hydrogens is 905 g/mol. The summed E-state index contributed by atoms with van der Waals surface area (Å²) in [4.78, 5) is 60.1. The second-order valence-electron chi connectivity index (χ2n) is 15.2. The van der Waals surface area contributed by atoms with E-state index in [9.17, 15) is 14.4 Å². The van der Waals surface area contributed by atoms with Crippen molar-refractivity contribution < 1.29 is 42.9 Å². The number of hydrogen-bond acceptors (Lipinski definition) is 12. The Bertz CT molecular complexity index is 2790. The van der Waals surface area contributed by atoms with E-state index in [2.05, 4.69) is 20.8 Å². The van der Waals surface area contributed by atoms with E-state index >= 15 is 0 Å².